The molecular weight excluding hydrogens is 456 g/mol. The third-order valence-electron chi connectivity index (χ3n) is 4.93. The van der Waals surface area contributed by atoms with Crippen LogP contribution in [0.2, 0.25) is 0 Å². The van der Waals surface area contributed by atoms with Crippen LogP contribution in [0, 0.1) is 0 Å². The lowest BCUT2D eigenvalue weighted by Gasteiger charge is -2.20. The number of ether oxygens (including phenoxy) is 2. The molecule has 9 heteroatoms. The monoisotopic (exact) mass is 482 g/mol. The predicted octanol–water partition coefficient (Wildman–Crippen LogP) is 3.40. The lowest BCUT2D eigenvalue weighted by molar-refractivity contribution is -0.117. The van der Waals surface area contributed by atoms with Gasteiger partial charge in [0, 0.05) is 0 Å². The van der Waals surface area contributed by atoms with Crippen LogP contribution >= 0.6 is 0 Å². The topological polar surface area (TPSA) is 111 Å². The number of carbonyl (C=O) groups is 2. The van der Waals surface area contributed by atoms with E-state index in [4.69, 9.17) is 9.47 Å². The van der Waals surface area contributed by atoms with Crippen LogP contribution in [0.3, 0.4) is 0 Å². The first kappa shape index (κ1) is 24.9. The summed E-state index contributed by atoms with van der Waals surface area (Å²) in [7, 11) is -2.80. The number of para-hydroxylation sites is 1. The fourth-order valence-corrected chi connectivity index (χ4v) is 4.47. The van der Waals surface area contributed by atoms with Crippen LogP contribution in [0.4, 0.5) is 5.69 Å². The number of anilines is 1. The van der Waals surface area contributed by atoms with Gasteiger partial charge in [0.2, 0.25) is 15.9 Å². The number of sulfonamides is 1. The average molecular weight is 483 g/mol. The second kappa shape index (κ2) is 11.4. The molecule has 0 aromatic heterocycles. The van der Waals surface area contributed by atoms with Crippen LogP contribution in [0.5, 0.6) is 5.75 Å². The van der Waals surface area contributed by atoms with Crippen molar-refractivity contribution in [1.29, 1.82) is 0 Å². The Labute approximate surface area is 199 Å². The molecule has 0 saturated heterocycles. The highest BCUT2D eigenvalue weighted by atomic mass is 32.2. The van der Waals surface area contributed by atoms with Crippen molar-refractivity contribution in [3.8, 4) is 5.75 Å². The molecule has 0 spiro atoms. The van der Waals surface area contributed by atoms with Gasteiger partial charge in [-0.3, -0.25) is 4.79 Å². The maximum atomic E-state index is 13.2. The molecule has 0 bridgehead atoms. The van der Waals surface area contributed by atoms with Crippen LogP contribution in [0.1, 0.15) is 22.8 Å². The van der Waals surface area contributed by atoms with Gasteiger partial charge in [-0.05, 0) is 55.3 Å². The van der Waals surface area contributed by atoms with Gasteiger partial charge in [0.05, 0.1) is 29.9 Å². The van der Waals surface area contributed by atoms with Crippen molar-refractivity contribution < 1.29 is 27.5 Å². The van der Waals surface area contributed by atoms with E-state index in [0.29, 0.717) is 12.4 Å². The standard InChI is InChI=1S/C25H26N2O6S/c1-3-33-19-13-15-20(16-14-19)34(30,31)27-23(17-18-9-5-4-6-10-18)24(28)26-22-12-8-7-11-21(22)25(29)32-2/h4-16,23,27H,3,17H2,1-2H3,(H,26,28)/t23-/m1/s1. The Balaban J connectivity index is 1.88. The summed E-state index contributed by atoms with van der Waals surface area (Å²) in [5, 5.41) is 2.66. The number of amides is 1. The lowest BCUT2D eigenvalue weighted by atomic mass is 10.1. The third-order valence-corrected chi connectivity index (χ3v) is 6.42. The summed E-state index contributed by atoms with van der Waals surface area (Å²) in [5.41, 5.74) is 1.14. The van der Waals surface area contributed by atoms with Crippen LogP contribution < -0.4 is 14.8 Å². The Hall–Kier alpha value is -3.69. The van der Waals surface area contributed by atoms with Crippen molar-refractivity contribution in [3.63, 3.8) is 0 Å². The van der Waals surface area contributed by atoms with Gasteiger partial charge in [-0.15, -0.1) is 0 Å². The van der Waals surface area contributed by atoms with Crippen LogP contribution in [0.15, 0.2) is 83.8 Å². The van der Waals surface area contributed by atoms with E-state index in [2.05, 4.69) is 10.0 Å². The van der Waals surface area contributed by atoms with Gasteiger partial charge in [-0.25, -0.2) is 13.2 Å². The van der Waals surface area contributed by atoms with E-state index in [-0.39, 0.29) is 22.6 Å². The highest BCUT2D eigenvalue weighted by molar-refractivity contribution is 7.89. The van der Waals surface area contributed by atoms with E-state index in [1.54, 1.807) is 54.6 Å². The number of hydrogen-bond donors (Lipinski definition) is 2. The zero-order valence-electron chi connectivity index (χ0n) is 18.9. The lowest BCUT2D eigenvalue weighted by Crippen LogP contribution is -2.45. The molecule has 0 fully saturated rings. The number of rotatable bonds is 10. The maximum Gasteiger partial charge on any atom is 0.339 e. The van der Waals surface area contributed by atoms with Crippen LogP contribution in [-0.4, -0.2) is 40.1 Å². The fourth-order valence-electron chi connectivity index (χ4n) is 3.27. The molecule has 3 aromatic rings. The Morgan fingerprint density at radius 3 is 2.21 bits per heavy atom. The van der Waals surface area contributed by atoms with E-state index in [1.807, 2.05) is 13.0 Å². The molecule has 1 amide bonds. The van der Waals surface area contributed by atoms with Gasteiger partial charge in [0.15, 0.2) is 0 Å². The van der Waals surface area contributed by atoms with E-state index < -0.39 is 27.9 Å². The summed E-state index contributed by atoms with van der Waals surface area (Å²) in [5.74, 6) is -0.695. The van der Waals surface area contributed by atoms with Crippen molar-refractivity contribution in [3.05, 3.63) is 90.0 Å². The number of benzene rings is 3. The van der Waals surface area contributed by atoms with Crippen LogP contribution in [-0.2, 0) is 26.0 Å². The molecule has 34 heavy (non-hydrogen) atoms. The SMILES string of the molecule is CCOc1ccc(S(=O)(=O)N[C@H](Cc2ccccc2)C(=O)Nc2ccccc2C(=O)OC)cc1. The first-order valence-electron chi connectivity index (χ1n) is 10.6. The summed E-state index contributed by atoms with van der Waals surface area (Å²) in [4.78, 5) is 25.3. The Bertz CT molecular complexity index is 1230. The molecule has 1 atom stereocenters. The number of esters is 1. The Kier molecular flexibility index (Phi) is 8.39. The van der Waals surface area contributed by atoms with E-state index in [9.17, 15) is 18.0 Å². The van der Waals surface area contributed by atoms with Gasteiger partial charge in [-0.1, -0.05) is 42.5 Å². The Morgan fingerprint density at radius 1 is 0.912 bits per heavy atom. The van der Waals surface area contributed by atoms with Gasteiger partial charge >= 0.3 is 5.97 Å². The van der Waals surface area contributed by atoms with Crippen molar-refractivity contribution in [2.24, 2.45) is 0 Å². The number of methoxy groups -OCH3 is 1. The van der Waals surface area contributed by atoms with Crippen LogP contribution in [0.25, 0.3) is 0 Å². The first-order chi connectivity index (χ1) is 16.3. The number of carbonyl (C=O) groups excluding carboxylic acids is 2. The van der Waals surface area contributed by atoms with Crippen molar-refractivity contribution in [2.75, 3.05) is 19.0 Å². The molecule has 8 nitrogen and oxygen atoms in total. The summed E-state index contributed by atoms with van der Waals surface area (Å²) in [6.45, 7) is 2.29. The van der Waals surface area contributed by atoms with Crippen molar-refractivity contribution in [2.45, 2.75) is 24.3 Å². The van der Waals surface area contributed by atoms with Gasteiger partial charge < -0.3 is 14.8 Å². The van der Waals surface area contributed by atoms with Gasteiger partial charge in [0.1, 0.15) is 11.8 Å². The fraction of sp³-hybridized carbons (Fsp3) is 0.200. The molecular formula is C25H26N2O6S. The van der Waals surface area contributed by atoms with E-state index >= 15 is 0 Å². The van der Waals surface area contributed by atoms with Gasteiger partial charge in [0.25, 0.3) is 0 Å². The second-order valence-corrected chi connectivity index (χ2v) is 9.01. The molecule has 0 aliphatic carbocycles. The Morgan fingerprint density at radius 2 is 1.56 bits per heavy atom. The smallest absolute Gasteiger partial charge is 0.339 e. The highest BCUT2D eigenvalue weighted by Crippen LogP contribution is 2.19. The number of nitrogens with one attached hydrogen (secondary N) is 2. The molecule has 3 aromatic carbocycles. The minimum absolute atomic E-state index is 0.00299. The molecule has 178 valence electrons. The molecule has 0 aliphatic heterocycles. The number of hydrogen-bond acceptors (Lipinski definition) is 6. The predicted molar refractivity (Wildman–Crippen MR) is 128 cm³/mol. The molecule has 3 rings (SSSR count). The molecule has 0 heterocycles. The third kappa shape index (κ3) is 6.43. The molecule has 0 unspecified atom stereocenters. The van der Waals surface area contributed by atoms with Crippen molar-refractivity contribution >= 4 is 27.6 Å². The quantitative estimate of drug-likeness (QED) is 0.429. The molecule has 2 N–H and O–H groups in total. The summed E-state index contributed by atoms with van der Waals surface area (Å²) in [6.07, 6.45) is 0.101. The molecule has 0 aliphatic rings. The normalized spacial score (nSPS) is 11.9. The summed E-state index contributed by atoms with van der Waals surface area (Å²) in [6, 6.07) is 20.2. The largest absolute Gasteiger partial charge is 0.494 e. The first-order valence-corrected chi connectivity index (χ1v) is 12.1. The average Bonchev–Trinajstić information content (AvgIpc) is 2.84. The van der Waals surface area contributed by atoms with E-state index in [0.717, 1.165) is 5.56 Å². The second-order valence-electron chi connectivity index (χ2n) is 7.29. The molecule has 0 radical (unpaired) electrons. The minimum Gasteiger partial charge on any atom is -0.494 e. The molecule has 0 saturated carbocycles. The highest BCUT2D eigenvalue weighted by Gasteiger charge is 2.27. The zero-order chi connectivity index (χ0) is 24.6. The summed E-state index contributed by atoms with van der Waals surface area (Å²) >= 11 is 0. The summed E-state index contributed by atoms with van der Waals surface area (Å²) < 4.78 is 38.8. The van der Waals surface area contributed by atoms with Gasteiger partial charge in [-0.2, -0.15) is 4.72 Å². The van der Waals surface area contributed by atoms with E-state index in [1.165, 1.54) is 25.3 Å². The zero-order valence-corrected chi connectivity index (χ0v) is 19.7. The van der Waals surface area contributed by atoms with Crippen molar-refractivity contribution in [1.82, 2.24) is 4.72 Å². The minimum atomic E-state index is -4.04. The maximum absolute atomic E-state index is 13.2.